The minimum absolute atomic E-state index is 0.197. The Morgan fingerprint density at radius 2 is 1.71 bits per heavy atom. The molecule has 5 nitrogen and oxygen atoms in total. The maximum Gasteiger partial charge on any atom is 0.240 e. The summed E-state index contributed by atoms with van der Waals surface area (Å²) in [7, 11) is 2.27. The molecule has 0 aliphatic heterocycles. The zero-order valence-corrected chi connectivity index (χ0v) is 14.6. The summed E-state index contributed by atoms with van der Waals surface area (Å²) in [5.74, 6) is 0. The first kappa shape index (κ1) is 18.1. The first-order valence-corrected chi connectivity index (χ1v) is 8.53. The van der Waals surface area contributed by atoms with Crippen LogP contribution >= 0.6 is 0 Å². The van der Waals surface area contributed by atoms with Gasteiger partial charge in [-0.3, -0.25) is 0 Å². The third-order valence-corrected chi connectivity index (χ3v) is 5.45. The summed E-state index contributed by atoms with van der Waals surface area (Å²) in [6.07, 6.45) is 0. The topological polar surface area (TPSA) is 61.4 Å². The van der Waals surface area contributed by atoms with E-state index < -0.39 is 10.0 Å². The molecular formula is C15H27N3O2S. The number of rotatable bonds is 7. The zero-order valence-electron chi connectivity index (χ0n) is 13.8. The average molecular weight is 313 g/mol. The number of nitrogens with zero attached hydrogens (tertiary/aromatic N) is 1. The van der Waals surface area contributed by atoms with Crippen molar-refractivity contribution in [3.8, 4) is 0 Å². The fourth-order valence-corrected chi connectivity index (χ4v) is 2.82. The van der Waals surface area contributed by atoms with Crippen LogP contribution in [0, 0.1) is 0 Å². The molecule has 2 N–H and O–H groups in total. The van der Waals surface area contributed by atoms with E-state index in [-0.39, 0.29) is 11.6 Å². The zero-order chi connectivity index (χ0) is 16.3. The standard InChI is InChI=1S/C15H27N3O2S/c1-12(16-4)13-7-9-14(10-8-13)21(19,20)17-11-15(2,3)18(5)6/h7-10,12,16-17H,11H2,1-6H3. The van der Waals surface area contributed by atoms with E-state index in [1.807, 2.05) is 58.9 Å². The molecule has 1 unspecified atom stereocenters. The SMILES string of the molecule is CNC(C)c1ccc(S(=O)(=O)NCC(C)(C)N(C)C)cc1. The van der Waals surface area contributed by atoms with Crippen molar-refractivity contribution in [2.45, 2.75) is 37.2 Å². The number of sulfonamides is 1. The smallest absolute Gasteiger partial charge is 0.240 e. The van der Waals surface area contributed by atoms with E-state index in [2.05, 4.69) is 10.0 Å². The quantitative estimate of drug-likeness (QED) is 0.802. The summed E-state index contributed by atoms with van der Waals surface area (Å²) in [5.41, 5.74) is 0.818. The molecule has 0 heterocycles. The van der Waals surface area contributed by atoms with Gasteiger partial charge in [0.15, 0.2) is 0 Å². The fraction of sp³-hybridized carbons (Fsp3) is 0.600. The Hall–Kier alpha value is -0.950. The monoisotopic (exact) mass is 313 g/mol. The van der Waals surface area contributed by atoms with Crippen LogP contribution < -0.4 is 10.0 Å². The Morgan fingerprint density at radius 3 is 2.14 bits per heavy atom. The Morgan fingerprint density at radius 1 is 1.19 bits per heavy atom. The third-order valence-electron chi connectivity index (χ3n) is 4.03. The van der Waals surface area contributed by atoms with Crippen LogP contribution in [0.2, 0.25) is 0 Å². The lowest BCUT2D eigenvalue weighted by molar-refractivity contribution is 0.199. The molecule has 1 atom stereocenters. The highest BCUT2D eigenvalue weighted by atomic mass is 32.2. The normalized spacial score (nSPS) is 14.4. The number of likely N-dealkylation sites (N-methyl/N-ethyl adjacent to an activating group) is 1. The van der Waals surface area contributed by atoms with Crippen molar-refractivity contribution in [3.05, 3.63) is 29.8 Å². The van der Waals surface area contributed by atoms with Gasteiger partial charge in [0.2, 0.25) is 10.0 Å². The second kappa shape index (κ2) is 6.87. The molecule has 0 bridgehead atoms. The summed E-state index contributed by atoms with van der Waals surface area (Å²) in [5, 5.41) is 3.13. The van der Waals surface area contributed by atoms with Gasteiger partial charge in [0.1, 0.15) is 0 Å². The molecule has 0 spiro atoms. The minimum atomic E-state index is -3.47. The van der Waals surface area contributed by atoms with Crippen molar-refractivity contribution >= 4 is 10.0 Å². The third kappa shape index (κ3) is 4.78. The van der Waals surface area contributed by atoms with Crippen molar-refractivity contribution in [1.82, 2.24) is 14.9 Å². The number of hydrogen-bond acceptors (Lipinski definition) is 4. The van der Waals surface area contributed by atoms with Crippen LogP contribution in [0.5, 0.6) is 0 Å². The highest BCUT2D eigenvalue weighted by Crippen LogP contribution is 2.16. The van der Waals surface area contributed by atoms with Crippen LogP contribution in [0.4, 0.5) is 0 Å². The van der Waals surface area contributed by atoms with Gasteiger partial charge in [0.25, 0.3) is 0 Å². The van der Waals surface area contributed by atoms with E-state index in [1.165, 1.54) is 0 Å². The fourth-order valence-electron chi connectivity index (χ4n) is 1.62. The van der Waals surface area contributed by atoms with Crippen LogP contribution in [0.15, 0.2) is 29.2 Å². The molecule has 0 radical (unpaired) electrons. The summed E-state index contributed by atoms with van der Waals surface area (Å²) in [6, 6.07) is 7.17. The van der Waals surface area contributed by atoms with Gasteiger partial charge in [-0.25, -0.2) is 13.1 Å². The molecule has 21 heavy (non-hydrogen) atoms. The van der Waals surface area contributed by atoms with Gasteiger partial charge in [-0.2, -0.15) is 0 Å². The Kier molecular flexibility index (Phi) is 5.92. The molecule has 0 aliphatic rings. The van der Waals surface area contributed by atoms with E-state index in [0.29, 0.717) is 11.4 Å². The first-order valence-electron chi connectivity index (χ1n) is 7.04. The molecule has 6 heteroatoms. The predicted molar refractivity (Wildman–Crippen MR) is 86.9 cm³/mol. The van der Waals surface area contributed by atoms with Crippen LogP contribution in [-0.2, 0) is 10.0 Å². The molecule has 0 fully saturated rings. The molecule has 0 saturated carbocycles. The van der Waals surface area contributed by atoms with Crippen molar-refractivity contribution in [2.75, 3.05) is 27.7 Å². The lowest BCUT2D eigenvalue weighted by Gasteiger charge is -2.32. The van der Waals surface area contributed by atoms with E-state index in [0.717, 1.165) is 5.56 Å². The van der Waals surface area contributed by atoms with E-state index in [1.54, 1.807) is 12.1 Å². The van der Waals surface area contributed by atoms with Gasteiger partial charge >= 0.3 is 0 Å². The van der Waals surface area contributed by atoms with Crippen molar-refractivity contribution < 1.29 is 8.42 Å². The molecule has 120 valence electrons. The highest BCUT2D eigenvalue weighted by molar-refractivity contribution is 7.89. The van der Waals surface area contributed by atoms with Gasteiger partial charge in [0.05, 0.1) is 4.90 Å². The summed E-state index contributed by atoms with van der Waals surface area (Å²) in [4.78, 5) is 2.29. The Bertz CT molecular complexity index is 551. The molecule has 1 aromatic rings. The van der Waals surface area contributed by atoms with Gasteiger partial charge in [-0.1, -0.05) is 12.1 Å². The minimum Gasteiger partial charge on any atom is -0.313 e. The van der Waals surface area contributed by atoms with E-state index in [4.69, 9.17) is 0 Å². The van der Waals surface area contributed by atoms with Crippen molar-refractivity contribution in [3.63, 3.8) is 0 Å². The molecule has 0 saturated heterocycles. The van der Waals surface area contributed by atoms with Gasteiger partial charge in [-0.15, -0.1) is 0 Å². The van der Waals surface area contributed by atoms with Crippen LogP contribution in [0.1, 0.15) is 32.4 Å². The van der Waals surface area contributed by atoms with Crippen LogP contribution in [0.3, 0.4) is 0 Å². The van der Waals surface area contributed by atoms with E-state index in [9.17, 15) is 8.42 Å². The molecule has 1 rings (SSSR count). The first-order chi connectivity index (χ1) is 9.60. The Balaban J connectivity index is 2.84. The van der Waals surface area contributed by atoms with Crippen molar-refractivity contribution in [1.29, 1.82) is 0 Å². The number of nitrogens with one attached hydrogen (secondary N) is 2. The maximum absolute atomic E-state index is 12.3. The van der Waals surface area contributed by atoms with Gasteiger partial charge in [0, 0.05) is 18.1 Å². The molecular weight excluding hydrogens is 286 g/mol. The Labute approximate surface area is 128 Å². The maximum atomic E-state index is 12.3. The second-order valence-corrected chi connectivity index (χ2v) is 7.88. The van der Waals surface area contributed by atoms with Crippen LogP contribution in [-0.4, -0.2) is 46.5 Å². The second-order valence-electron chi connectivity index (χ2n) is 6.11. The molecule has 0 aliphatic carbocycles. The molecule has 0 amide bonds. The molecule has 0 aromatic heterocycles. The highest BCUT2D eigenvalue weighted by Gasteiger charge is 2.24. The van der Waals surface area contributed by atoms with Crippen LogP contribution in [0.25, 0.3) is 0 Å². The van der Waals surface area contributed by atoms with Gasteiger partial charge < -0.3 is 10.2 Å². The lowest BCUT2D eigenvalue weighted by Crippen LogP contribution is -2.48. The summed E-state index contributed by atoms with van der Waals surface area (Å²) < 4.78 is 27.3. The largest absolute Gasteiger partial charge is 0.313 e. The lowest BCUT2D eigenvalue weighted by atomic mass is 10.1. The number of benzene rings is 1. The summed E-state index contributed by atoms with van der Waals surface area (Å²) in [6.45, 7) is 6.37. The number of hydrogen-bond donors (Lipinski definition) is 2. The molecule has 1 aromatic carbocycles. The summed E-state index contributed by atoms with van der Waals surface area (Å²) >= 11 is 0. The van der Waals surface area contributed by atoms with Gasteiger partial charge in [-0.05, 0) is 59.6 Å². The average Bonchev–Trinajstić information content (AvgIpc) is 2.44. The van der Waals surface area contributed by atoms with Crippen molar-refractivity contribution in [2.24, 2.45) is 0 Å². The predicted octanol–water partition coefficient (Wildman–Crippen LogP) is 1.59. The van der Waals surface area contributed by atoms with E-state index >= 15 is 0 Å².